The molecule has 0 fully saturated rings. The van der Waals surface area contributed by atoms with Crippen LogP contribution in [0.15, 0.2) is 48.6 Å². The van der Waals surface area contributed by atoms with E-state index in [9.17, 15) is 9.36 Å². The number of rotatable bonds is 8. The summed E-state index contributed by atoms with van der Waals surface area (Å²) in [6.45, 7) is 2.43. The predicted molar refractivity (Wildman–Crippen MR) is 108 cm³/mol. The summed E-state index contributed by atoms with van der Waals surface area (Å²) in [5.41, 5.74) is 0.697. The van der Waals surface area contributed by atoms with Gasteiger partial charge in [-0.3, -0.25) is 9.36 Å². The Hall–Kier alpha value is -1.48. The maximum absolute atomic E-state index is 13.5. The largest absolute Gasteiger partial charge is 0.401 e. The molecule has 3 rings (SSSR count). The number of carbonyl (C=O) groups excluding carboxylic acids is 1. The van der Waals surface area contributed by atoms with Gasteiger partial charge in [-0.1, -0.05) is 48.6 Å². The molecule has 1 aromatic rings. The molecule has 2 unspecified atom stereocenters. The van der Waals surface area contributed by atoms with Crippen molar-refractivity contribution in [2.24, 2.45) is 11.8 Å². The Morgan fingerprint density at radius 1 is 0.963 bits per heavy atom. The first-order chi connectivity index (χ1) is 13.1. The first kappa shape index (κ1) is 20.3. The van der Waals surface area contributed by atoms with Gasteiger partial charge in [0.2, 0.25) is 0 Å². The van der Waals surface area contributed by atoms with Crippen molar-refractivity contribution in [1.82, 2.24) is 0 Å². The highest BCUT2D eigenvalue weighted by Crippen LogP contribution is 2.53. The van der Waals surface area contributed by atoms with Crippen molar-refractivity contribution in [2.75, 3.05) is 13.2 Å². The molecule has 1 aromatic carbocycles. The lowest BCUT2D eigenvalue weighted by atomic mass is 9.96. The number of allylic oxidation sites excluding steroid dienone is 4. The van der Waals surface area contributed by atoms with Crippen molar-refractivity contribution < 1.29 is 18.4 Å². The molecular weight excluding hydrogens is 359 g/mol. The molecular formula is C22H29O4P. The number of hydrogen-bond acceptors (Lipinski definition) is 4. The minimum absolute atomic E-state index is 0.286. The van der Waals surface area contributed by atoms with Gasteiger partial charge in [-0.2, -0.15) is 0 Å². The van der Waals surface area contributed by atoms with E-state index in [1.54, 1.807) is 12.1 Å². The predicted octanol–water partition coefficient (Wildman–Crippen LogP) is 6.07. The summed E-state index contributed by atoms with van der Waals surface area (Å²) in [7, 11) is -3.88. The molecule has 0 radical (unpaired) electrons. The molecule has 27 heavy (non-hydrogen) atoms. The Balaban J connectivity index is 1.73. The number of carbonyl (C=O) groups is 1. The first-order valence-electron chi connectivity index (χ1n) is 9.88. The maximum atomic E-state index is 13.5. The fourth-order valence-electron chi connectivity index (χ4n) is 3.54. The third kappa shape index (κ3) is 5.51. The van der Waals surface area contributed by atoms with Crippen LogP contribution in [0.2, 0.25) is 0 Å². The highest BCUT2D eigenvalue weighted by Gasteiger charge is 2.38. The van der Waals surface area contributed by atoms with Crippen LogP contribution in [0.3, 0.4) is 0 Å². The highest BCUT2D eigenvalue weighted by molar-refractivity contribution is 7.72. The molecule has 0 amide bonds. The molecule has 0 N–H and O–H groups in total. The van der Waals surface area contributed by atoms with Gasteiger partial charge < -0.3 is 9.05 Å². The van der Waals surface area contributed by atoms with Gasteiger partial charge >= 0.3 is 7.60 Å². The minimum Gasteiger partial charge on any atom is -0.303 e. The van der Waals surface area contributed by atoms with Crippen molar-refractivity contribution in [3.8, 4) is 0 Å². The topological polar surface area (TPSA) is 52.6 Å². The second-order valence-corrected chi connectivity index (χ2v) is 9.43. The second kappa shape index (κ2) is 9.64. The molecule has 4 nitrogen and oxygen atoms in total. The summed E-state index contributed by atoms with van der Waals surface area (Å²) >= 11 is 0. The standard InChI is InChI=1S/C22H29O4P/c1-18-10-8-9-15-21(18)22(23)27(24,25-16-19-11-4-2-5-12-19)26-17-20-13-6-3-7-14-20/h2-4,6,8-10,15,19-20H,5,7,11-14,16-17H2,1H3. The van der Waals surface area contributed by atoms with E-state index in [0.717, 1.165) is 44.1 Å². The van der Waals surface area contributed by atoms with Crippen molar-refractivity contribution >= 4 is 13.1 Å². The highest BCUT2D eigenvalue weighted by atomic mass is 31.2. The van der Waals surface area contributed by atoms with Gasteiger partial charge in [-0.15, -0.1) is 0 Å². The van der Waals surface area contributed by atoms with Crippen LogP contribution in [-0.2, 0) is 13.6 Å². The smallest absolute Gasteiger partial charge is 0.303 e. The van der Waals surface area contributed by atoms with Gasteiger partial charge in [0.05, 0.1) is 13.2 Å². The summed E-state index contributed by atoms with van der Waals surface area (Å²) in [6.07, 6.45) is 14.3. The van der Waals surface area contributed by atoms with Crippen molar-refractivity contribution in [2.45, 2.75) is 45.4 Å². The molecule has 0 saturated heterocycles. The fraction of sp³-hybridized carbons (Fsp3) is 0.500. The average molecular weight is 388 g/mol. The molecule has 2 aliphatic rings. The van der Waals surface area contributed by atoms with E-state index in [1.165, 1.54) is 0 Å². The lowest BCUT2D eigenvalue weighted by molar-refractivity contribution is 0.0955. The Bertz CT molecular complexity index is 720. The Kier molecular flexibility index (Phi) is 7.23. The number of aryl methyl sites for hydroxylation is 1. The minimum atomic E-state index is -3.88. The normalized spacial score (nSPS) is 24.5. The molecule has 5 heteroatoms. The Morgan fingerprint density at radius 3 is 2.00 bits per heavy atom. The number of benzene rings is 1. The van der Waals surface area contributed by atoms with E-state index in [2.05, 4.69) is 24.3 Å². The molecule has 0 bridgehead atoms. The summed E-state index contributed by atoms with van der Waals surface area (Å²) in [6, 6.07) is 7.18. The SMILES string of the molecule is Cc1ccccc1C(=O)P(=O)(OCC1CC=CCC1)OCC1CC=CCC1. The lowest BCUT2D eigenvalue weighted by Crippen LogP contribution is -2.17. The molecule has 0 aromatic heterocycles. The fourth-order valence-corrected chi connectivity index (χ4v) is 5.21. The molecule has 2 atom stereocenters. The van der Waals surface area contributed by atoms with Crippen molar-refractivity contribution in [3.05, 3.63) is 59.7 Å². The van der Waals surface area contributed by atoms with Gasteiger partial charge in [-0.05, 0) is 62.8 Å². The zero-order valence-electron chi connectivity index (χ0n) is 16.0. The van der Waals surface area contributed by atoms with Crippen LogP contribution < -0.4 is 0 Å². The maximum Gasteiger partial charge on any atom is 0.401 e. The Labute approximate surface area is 162 Å². The summed E-state index contributed by atoms with van der Waals surface area (Å²) in [5, 5.41) is 0. The van der Waals surface area contributed by atoms with Crippen molar-refractivity contribution in [1.29, 1.82) is 0 Å². The van der Waals surface area contributed by atoms with Gasteiger partial charge in [0, 0.05) is 5.56 Å². The van der Waals surface area contributed by atoms with Crippen LogP contribution >= 0.6 is 7.60 Å². The zero-order chi connectivity index (χ0) is 19.1. The quantitative estimate of drug-likeness (QED) is 0.400. The van der Waals surface area contributed by atoms with Gasteiger partial charge in [0.1, 0.15) is 0 Å². The van der Waals surface area contributed by atoms with Crippen LogP contribution in [0.5, 0.6) is 0 Å². The second-order valence-electron chi connectivity index (χ2n) is 7.51. The van der Waals surface area contributed by atoms with Crippen LogP contribution in [0.25, 0.3) is 0 Å². The zero-order valence-corrected chi connectivity index (χ0v) is 16.9. The Morgan fingerprint density at radius 2 is 1.52 bits per heavy atom. The third-order valence-corrected chi connectivity index (χ3v) is 7.06. The first-order valence-corrected chi connectivity index (χ1v) is 11.4. The van der Waals surface area contributed by atoms with E-state index in [-0.39, 0.29) is 11.8 Å². The lowest BCUT2D eigenvalue weighted by Gasteiger charge is -2.25. The summed E-state index contributed by atoms with van der Waals surface area (Å²) in [4.78, 5) is 13.1. The van der Waals surface area contributed by atoms with Gasteiger partial charge in [0.15, 0.2) is 0 Å². The van der Waals surface area contributed by atoms with E-state index >= 15 is 0 Å². The van der Waals surface area contributed by atoms with Crippen LogP contribution in [-0.4, -0.2) is 18.7 Å². The van der Waals surface area contributed by atoms with Crippen molar-refractivity contribution in [3.63, 3.8) is 0 Å². The summed E-state index contributed by atoms with van der Waals surface area (Å²) in [5.74, 6) is 0.573. The molecule has 0 spiro atoms. The molecule has 2 aliphatic carbocycles. The van der Waals surface area contributed by atoms with Gasteiger partial charge in [0.25, 0.3) is 5.52 Å². The van der Waals surface area contributed by atoms with Crippen LogP contribution in [0, 0.1) is 18.8 Å². The molecule has 0 saturated carbocycles. The van der Waals surface area contributed by atoms with Crippen LogP contribution in [0.4, 0.5) is 0 Å². The molecule has 0 aliphatic heterocycles. The molecule has 146 valence electrons. The van der Waals surface area contributed by atoms with Gasteiger partial charge in [-0.25, -0.2) is 0 Å². The van der Waals surface area contributed by atoms with Crippen LogP contribution in [0.1, 0.15) is 54.4 Å². The van der Waals surface area contributed by atoms with E-state index in [0.29, 0.717) is 18.8 Å². The van der Waals surface area contributed by atoms with E-state index in [1.807, 2.05) is 19.1 Å². The number of hydrogen-bond donors (Lipinski definition) is 0. The third-order valence-electron chi connectivity index (χ3n) is 5.34. The molecule has 0 heterocycles. The van der Waals surface area contributed by atoms with E-state index in [4.69, 9.17) is 9.05 Å². The monoisotopic (exact) mass is 388 g/mol. The van der Waals surface area contributed by atoms with E-state index < -0.39 is 13.1 Å². The average Bonchev–Trinajstić information content (AvgIpc) is 2.72. The summed E-state index contributed by atoms with van der Waals surface area (Å²) < 4.78 is 25.0.